The number of nitrogen functional groups attached to an aromatic ring is 1. The average molecular weight is 250 g/mol. The molecule has 1 aromatic carbocycles. The number of β-amino-alcohol motifs (C(OH)–C–C–N with tert-alkyl or cyclic N) is 1. The first-order valence-electron chi connectivity index (χ1n) is 5.95. The van der Waals surface area contributed by atoms with Gasteiger partial charge >= 0.3 is 0 Å². The van der Waals surface area contributed by atoms with E-state index in [1.54, 1.807) is 23.1 Å². The van der Waals surface area contributed by atoms with Crippen LogP contribution in [0.15, 0.2) is 18.2 Å². The smallest absolute Gasteiger partial charge is 0.259 e. The van der Waals surface area contributed by atoms with Crippen LogP contribution in [0.3, 0.4) is 0 Å². The molecular weight excluding hydrogens is 232 g/mol. The molecule has 1 fully saturated rings. The van der Waals surface area contributed by atoms with Crippen LogP contribution in [-0.4, -0.2) is 41.7 Å². The van der Waals surface area contributed by atoms with Gasteiger partial charge in [0.2, 0.25) is 0 Å². The molecule has 1 aliphatic heterocycles. The molecule has 1 saturated heterocycles. The van der Waals surface area contributed by atoms with Crippen LogP contribution in [0.25, 0.3) is 0 Å². The van der Waals surface area contributed by atoms with Crippen molar-refractivity contribution in [2.45, 2.75) is 18.9 Å². The van der Waals surface area contributed by atoms with Crippen LogP contribution in [0.4, 0.5) is 5.69 Å². The number of likely N-dealkylation sites (tertiary alicyclic amines) is 1. The van der Waals surface area contributed by atoms with Crippen molar-refractivity contribution in [2.24, 2.45) is 0 Å². The molecular formula is C13H18N2O3. The van der Waals surface area contributed by atoms with Crippen molar-refractivity contribution < 1.29 is 14.6 Å². The molecule has 0 bridgehead atoms. The molecule has 0 radical (unpaired) electrons. The molecule has 5 nitrogen and oxygen atoms in total. The van der Waals surface area contributed by atoms with E-state index in [0.717, 1.165) is 0 Å². The van der Waals surface area contributed by atoms with Crippen LogP contribution >= 0.6 is 0 Å². The normalized spacial score (nSPS) is 17.2. The highest BCUT2D eigenvalue weighted by molar-refractivity contribution is 6.02. The lowest BCUT2D eigenvalue weighted by Gasteiger charge is -2.46. The first kappa shape index (κ1) is 12.7. The number of hydrogen-bond acceptors (Lipinski definition) is 4. The fraction of sp³-hybridized carbons (Fsp3) is 0.462. The summed E-state index contributed by atoms with van der Waals surface area (Å²) in [5, 5.41) is 9.92. The van der Waals surface area contributed by atoms with Crippen molar-refractivity contribution in [3.63, 3.8) is 0 Å². The van der Waals surface area contributed by atoms with Gasteiger partial charge in [0.1, 0.15) is 11.3 Å². The summed E-state index contributed by atoms with van der Waals surface area (Å²) >= 11 is 0. The van der Waals surface area contributed by atoms with E-state index < -0.39 is 5.60 Å². The number of hydrogen-bond donors (Lipinski definition) is 2. The Balaban J connectivity index is 2.21. The number of carbonyl (C=O) groups is 1. The number of benzene rings is 1. The maximum Gasteiger partial charge on any atom is 0.259 e. The average Bonchev–Trinajstić information content (AvgIpc) is 2.33. The predicted octanol–water partition coefficient (Wildman–Crippen LogP) is 0.874. The Morgan fingerprint density at radius 2 is 2.22 bits per heavy atom. The summed E-state index contributed by atoms with van der Waals surface area (Å²) in [6.07, 6.45) is 0.637. The van der Waals surface area contributed by atoms with E-state index in [1.807, 2.05) is 6.92 Å². The maximum atomic E-state index is 12.3. The van der Waals surface area contributed by atoms with Crippen molar-refractivity contribution in [1.82, 2.24) is 4.90 Å². The summed E-state index contributed by atoms with van der Waals surface area (Å²) in [4.78, 5) is 13.9. The molecule has 0 aromatic heterocycles. The van der Waals surface area contributed by atoms with Crippen LogP contribution in [0, 0.1) is 0 Å². The lowest BCUT2D eigenvalue weighted by atomic mass is 9.90. The van der Waals surface area contributed by atoms with E-state index >= 15 is 0 Å². The molecule has 3 N–H and O–H groups in total. The van der Waals surface area contributed by atoms with Gasteiger partial charge in [0.15, 0.2) is 0 Å². The van der Waals surface area contributed by atoms with Gasteiger partial charge in [-0.3, -0.25) is 4.79 Å². The predicted molar refractivity (Wildman–Crippen MR) is 68.6 cm³/mol. The Labute approximate surface area is 106 Å². The molecule has 2 rings (SSSR count). The number of nitrogens with two attached hydrogens (primary N) is 1. The fourth-order valence-electron chi connectivity index (χ4n) is 2.14. The highest BCUT2D eigenvalue weighted by atomic mass is 16.5. The van der Waals surface area contributed by atoms with Gasteiger partial charge in [-0.25, -0.2) is 0 Å². The van der Waals surface area contributed by atoms with Crippen LogP contribution in [0.2, 0.25) is 0 Å². The topological polar surface area (TPSA) is 75.8 Å². The van der Waals surface area contributed by atoms with Crippen LogP contribution < -0.4 is 10.5 Å². The number of rotatable bonds is 3. The Morgan fingerprint density at radius 3 is 2.78 bits per heavy atom. The minimum atomic E-state index is -0.744. The number of carbonyl (C=O) groups excluding carboxylic acids is 1. The zero-order valence-corrected chi connectivity index (χ0v) is 10.6. The van der Waals surface area contributed by atoms with Crippen molar-refractivity contribution in [3.8, 4) is 5.75 Å². The maximum absolute atomic E-state index is 12.3. The molecule has 5 heteroatoms. The molecule has 0 atom stereocenters. The minimum absolute atomic E-state index is 0.192. The van der Waals surface area contributed by atoms with Gasteiger partial charge in [0.05, 0.1) is 25.8 Å². The van der Waals surface area contributed by atoms with E-state index in [4.69, 9.17) is 10.5 Å². The molecule has 0 spiro atoms. The van der Waals surface area contributed by atoms with Crippen LogP contribution in [0.1, 0.15) is 23.7 Å². The van der Waals surface area contributed by atoms with E-state index in [2.05, 4.69) is 0 Å². The largest absolute Gasteiger partial charge is 0.496 e. The third kappa shape index (κ3) is 2.01. The van der Waals surface area contributed by atoms with E-state index in [0.29, 0.717) is 36.5 Å². The monoisotopic (exact) mass is 250 g/mol. The Bertz CT molecular complexity index is 467. The molecule has 0 aliphatic carbocycles. The summed E-state index contributed by atoms with van der Waals surface area (Å²) in [5.74, 6) is 0.273. The van der Waals surface area contributed by atoms with Gasteiger partial charge in [-0.1, -0.05) is 13.0 Å². The summed E-state index contributed by atoms with van der Waals surface area (Å²) in [5.41, 5.74) is 5.85. The van der Waals surface area contributed by atoms with Crippen LogP contribution in [-0.2, 0) is 0 Å². The molecule has 1 amide bonds. The second kappa shape index (κ2) is 4.49. The summed E-state index contributed by atoms with van der Waals surface area (Å²) in [7, 11) is 1.50. The van der Waals surface area contributed by atoms with Gasteiger partial charge in [-0.15, -0.1) is 0 Å². The van der Waals surface area contributed by atoms with Gasteiger partial charge in [-0.2, -0.15) is 0 Å². The highest BCUT2D eigenvalue weighted by Gasteiger charge is 2.43. The van der Waals surface area contributed by atoms with Gasteiger partial charge in [0.25, 0.3) is 5.91 Å². The zero-order chi connectivity index (χ0) is 13.3. The lowest BCUT2D eigenvalue weighted by Crippen LogP contribution is -2.63. The van der Waals surface area contributed by atoms with E-state index in [9.17, 15) is 9.90 Å². The summed E-state index contributed by atoms with van der Waals surface area (Å²) in [6.45, 7) is 2.60. The van der Waals surface area contributed by atoms with Gasteiger partial charge in [0, 0.05) is 5.69 Å². The number of aliphatic hydroxyl groups is 1. The first-order valence-corrected chi connectivity index (χ1v) is 5.95. The molecule has 0 unspecified atom stereocenters. The van der Waals surface area contributed by atoms with Crippen molar-refractivity contribution in [2.75, 3.05) is 25.9 Å². The standard InChI is InChI=1S/C13H18N2O3/c1-3-13(17)7-15(8-13)12(16)11-9(14)5-4-6-10(11)18-2/h4-6,17H,3,7-8,14H2,1-2H3. The van der Waals surface area contributed by atoms with Crippen molar-refractivity contribution in [3.05, 3.63) is 23.8 Å². The third-order valence-corrected chi connectivity index (χ3v) is 3.41. The quantitative estimate of drug-likeness (QED) is 0.781. The number of anilines is 1. The summed E-state index contributed by atoms with van der Waals surface area (Å²) in [6, 6.07) is 5.11. The van der Waals surface area contributed by atoms with Crippen LogP contribution in [0.5, 0.6) is 5.75 Å². The number of nitrogens with zero attached hydrogens (tertiary/aromatic N) is 1. The van der Waals surface area contributed by atoms with Crippen molar-refractivity contribution in [1.29, 1.82) is 0 Å². The van der Waals surface area contributed by atoms with Gasteiger partial charge < -0.3 is 20.5 Å². The third-order valence-electron chi connectivity index (χ3n) is 3.41. The zero-order valence-electron chi connectivity index (χ0n) is 10.6. The first-order chi connectivity index (χ1) is 8.50. The molecule has 1 heterocycles. The second-order valence-electron chi connectivity index (χ2n) is 4.66. The molecule has 1 aliphatic rings. The Hall–Kier alpha value is -1.75. The molecule has 18 heavy (non-hydrogen) atoms. The van der Waals surface area contributed by atoms with E-state index in [-0.39, 0.29) is 5.91 Å². The lowest BCUT2D eigenvalue weighted by molar-refractivity contribution is -0.0826. The van der Waals surface area contributed by atoms with Gasteiger partial charge in [-0.05, 0) is 18.6 Å². The SMILES string of the molecule is CCC1(O)CN(C(=O)c2c(N)cccc2OC)C1. The summed E-state index contributed by atoms with van der Waals surface area (Å²) < 4.78 is 5.15. The van der Waals surface area contributed by atoms with E-state index in [1.165, 1.54) is 7.11 Å². The number of ether oxygens (including phenoxy) is 1. The Kier molecular flexibility index (Phi) is 3.17. The molecule has 1 aromatic rings. The minimum Gasteiger partial charge on any atom is -0.496 e. The number of amides is 1. The fourth-order valence-corrected chi connectivity index (χ4v) is 2.14. The Morgan fingerprint density at radius 1 is 1.56 bits per heavy atom. The second-order valence-corrected chi connectivity index (χ2v) is 4.66. The number of methoxy groups -OCH3 is 1. The molecule has 0 saturated carbocycles. The highest BCUT2D eigenvalue weighted by Crippen LogP contribution is 2.31. The molecule has 98 valence electrons. The van der Waals surface area contributed by atoms with Crippen molar-refractivity contribution >= 4 is 11.6 Å².